The molecule has 4 nitrogen and oxygen atoms in total. The predicted molar refractivity (Wildman–Crippen MR) is 73.2 cm³/mol. The third kappa shape index (κ3) is 1.68. The van der Waals surface area contributed by atoms with Crippen molar-refractivity contribution < 1.29 is 0 Å². The second kappa shape index (κ2) is 4.16. The summed E-state index contributed by atoms with van der Waals surface area (Å²) in [6.45, 7) is 6.19. The molecule has 0 saturated carbocycles. The molecule has 1 aliphatic carbocycles. The highest BCUT2D eigenvalue weighted by Gasteiger charge is 2.23. The molecule has 1 unspecified atom stereocenters. The minimum absolute atomic E-state index is 0.0297. The zero-order chi connectivity index (χ0) is 12.9. The molecule has 0 aromatic carbocycles. The van der Waals surface area contributed by atoms with Gasteiger partial charge in [-0.1, -0.05) is 12.1 Å². The summed E-state index contributed by atoms with van der Waals surface area (Å²) in [5.74, 6) is 0.714. The van der Waals surface area contributed by atoms with Crippen molar-refractivity contribution in [2.24, 2.45) is 5.92 Å². The Labute approximate surface area is 110 Å². The van der Waals surface area contributed by atoms with Gasteiger partial charge in [0.05, 0.1) is 11.4 Å². The zero-order valence-electron chi connectivity index (χ0n) is 10.9. The highest BCUT2D eigenvalue weighted by Crippen LogP contribution is 2.35. The molecule has 0 saturated heterocycles. The highest BCUT2D eigenvalue weighted by atomic mass is 32.1. The predicted octanol–water partition coefficient (Wildman–Crippen LogP) is 2.56. The summed E-state index contributed by atoms with van der Waals surface area (Å²) in [5.41, 5.74) is 1.27. The molecule has 2 aromatic heterocycles. The van der Waals surface area contributed by atoms with E-state index in [9.17, 15) is 4.79 Å². The van der Waals surface area contributed by atoms with Gasteiger partial charge in [-0.2, -0.15) is 0 Å². The summed E-state index contributed by atoms with van der Waals surface area (Å²) >= 11 is 1.65. The van der Waals surface area contributed by atoms with E-state index in [4.69, 9.17) is 0 Å². The molecule has 0 radical (unpaired) electrons. The van der Waals surface area contributed by atoms with Crippen LogP contribution in [-0.4, -0.2) is 15.0 Å². The van der Waals surface area contributed by atoms with Crippen molar-refractivity contribution in [3.63, 3.8) is 0 Å². The Bertz CT molecular complexity index is 656. The second-order valence-corrected chi connectivity index (χ2v) is 6.55. The average molecular weight is 263 g/mol. The largest absolute Gasteiger partial charge is 0.279 e. The van der Waals surface area contributed by atoms with E-state index in [2.05, 4.69) is 17.2 Å². The van der Waals surface area contributed by atoms with E-state index < -0.39 is 0 Å². The van der Waals surface area contributed by atoms with Crippen molar-refractivity contribution in [1.29, 1.82) is 0 Å². The van der Waals surface area contributed by atoms with E-state index in [0.717, 1.165) is 23.1 Å². The Morgan fingerprint density at radius 2 is 2.22 bits per heavy atom. The van der Waals surface area contributed by atoms with Crippen molar-refractivity contribution in [3.8, 4) is 0 Å². The summed E-state index contributed by atoms with van der Waals surface area (Å²) in [6.07, 6.45) is 3.26. The lowest BCUT2D eigenvalue weighted by Crippen LogP contribution is -2.26. The first-order valence-electron chi connectivity index (χ1n) is 6.47. The van der Waals surface area contributed by atoms with Gasteiger partial charge in [0.1, 0.15) is 0 Å². The first kappa shape index (κ1) is 11.8. The van der Waals surface area contributed by atoms with E-state index in [1.54, 1.807) is 11.3 Å². The van der Waals surface area contributed by atoms with Gasteiger partial charge < -0.3 is 0 Å². The van der Waals surface area contributed by atoms with Crippen LogP contribution < -0.4 is 5.56 Å². The summed E-state index contributed by atoms with van der Waals surface area (Å²) in [5, 5.41) is 9.08. The third-order valence-corrected chi connectivity index (χ3v) is 4.77. The standard InChI is InChI=1S/C13H17N3OS/c1-7(2)16-13(17)11-9-5-4-8(3)6-10(9)18-12(11)14-15-16/h7-8H,4-6H2,1-3H3. The number of thiophene rings is 1. The van der Waals surface area contributed by atoms with E-state index in [0.29, 0.717) is 5.92 Å². The summed E-state index contributed by atoms with van der Waals surface area (Å²) < 4.78 is 1.49. The van der Waals surface area contributed by atoms with Crippen LogP contribution in [0.5, 0.6) is 0 Å². The van der Waals surface area contributed by atoms with Crippen LogP contribution in [0.1, 0.15) is 43.7 Å². The minimum atomic E-state index is 0.0297. The maximum Gasteiger partial charge on any atom is 0.279 e. The Morgan fingerprint density at radius 3 is 2.94 bits per heavy atom. The zero-order valence-corrected chi connectivity index (χ0v) is 11.8. The average Bonchev–Trinajstić information content (AvgIpc) is 2.66. The second-order valence-electron chi connectivity index (χ2n) is 5.46. The molecule has 1 aliphatic rings. The summed E-state index contributed by atoms with van der Waals surface area (Å²) in [4.78, 5) is 14.6. The van der Waals surface area contributed by atoms with Crippen LogP contribution in [0.4, 0.5) is 0 Å². The number of hydrogen-bond donors (Lipinski definition) is 0. The minimum Gasteiger partial charge on any atom is -0.267 e. The van der Waals surface area contributed by atoms with Crippen LogP contribution in [0, 0.1) is 5.92 Å². The molecule has 18 heavy (non-hydrogen) atoms. The van der Waals surface area contributed by atoms with Gasteiger partial charge in [-0.25, -0.2) is 4.68 Å². The first-order valence-corrected chi connectivity index (χ1v) is 7.29. The quantitative estimate of drug-likeness (QED) is 0.794. The van der Waals surface area contributed by atoms with Crippen molar-refractivity contribution in [2.45, 2.75) is 46.1 Å². The molecule has 0 aliphatic heterocycles. The maximum atomic E-state index is 12.5. The number of rotatable bonds is 1. The topological polar surface area (TPSA) is 47.8 Å². The molecule has 5 heteroatoms. The van der Waals surface area contributed by atoms with Crippen LogP contribution in [0.25, 0.3) is 10.2 Å². The van der Waals surface area contributed by atoms with Crippen molar-refractivity contribution in [2.75, 3.05) is 0 Å². The molecule has 96 valence electrons. The van der Waals surface area contributed by atoms with Crippen LogP contribution >= 0.6 is 11.3 Å². The summed E-state index contributed by atoms with van der Waals surface area (Å²) in [6, 6.07) is 0.0625. The normalized spacial score (nSPS) is 19.4. The van der Waals surface area contributed by atoms with Gasteiger partial charge in [-0.3, -0.25) is 4.79 Å². The molecular weight excluding hydrogens is 246 g/mol. The molecular formula is C13H17N3OS. The fourth-order valence-electron chi connectivity index (χ4n) is 2.61. The Kier molecular flexibility index (Phi) is 2.73. The highest BCUT2D eigenvalue weighted by molar-refractivity contribution is 7.18. The number of aryl methyl sites for hydroxylation is 1. The van der Waals surface area contributed by atoms with Gasteiger partial charge in [-0.05, 0) is 44.6 Å². The monoisotopic (exact) mass is 263 g/mol. The Hall–Kier alpha value is -1.23. The van der Waals surface area contributed by atoms with Gasteiger partial charge >= 0.3 is 0 Å². The first-order chi connectivity index (χ1) is 8.58. The van der Waals surface area contributed by atoms with Gasteiger partial charge in [0.2, 0.25) is 0 Å². The molecule has 2 aromatic rings. The smallest absolute Gasteiger partial charge is 0.267 e. The van der Waals surface area contributed by atoms with Crippen molar-refractivity contribution in [1.82, 2.24) is 15.0 Å². The third-order valence-electron chi connectivity index (χ3n) is 3.64. The van der Waals surface area contributed by atoms with Crippen LogP contribution in [-0.2, 0) is 12.8 Å². The number of aromatic nitrogens is 3. The van der Waals surface area contributed by atoms with Crippen LogP contribution in [0.2, 0.25) is 0 Å². The molecule has 0 fully saturated rings. The number of hydrogen-bond acceptors (Lipinski definition) is 4. The van der Waals surface area contributed by atoms with Crippen LogP contribution in [0.15, 0.2) is 4.79 Å². The van der Waals surface area contributed by atoms with Gasteiger partial charge in [0.25, 0.3) is 5.56 Å². The summed E-state index contributed by atoms with van der Waals surface area (Å²) in [7, 11) is 0. The Morgan fingerprint density at radius 1 is 1.44 bits per heavy atom. The molecule has 0 amide bonds. The lowest BCUT2D eigenvalue weighted by molar-refractivity contribution is 0.480. The van der Waals surface area contributed by atoms with Gasteiger partial charge in [0, 0.05) is 4.88 Å². The fourth-order valence-corrected chi connectivity index (χ4v) is 3.93. The van der Waals surface area contributed by atoms with Gasteiger partial charge in [0.15, 0.2) is 4.83 Å². The lowest BCUT2D eigenvalue weighted by atomic mass is 9.89. The lowest BCUT2D eigenvalue weighted by Gasteiger charge is -2.17. The number of nitrogens with zero attached hydrogens (tertiary/aromatic N) is 3. The number of fused-ring (bicyclic) bond motifs is 3. The molecule has 1 atom stereocenters. The fraction of sp³-hybridized carbons (Fsp3) is 0.615. The van der Waals surface area contributed by atoms with Crippen LogP contribution in [0.3, 0.4) is 0 Å². The maximum absolute atomic E-state index is 12.5. The van der Waals surface area contributed by atoms with Gasteiger partial charge in [-0.15, -0.1) is 16.4 Å². The molecule has 0 spiro atoms. The van der Waals surface area contributed by atoms with E-state index in [1.807, 2.05) is 13.8 Å². The van der Waals surface area contributed by atoms with Crippen molar-refractivity contribution in [3.05, 3.63) is 20.8 Å². The molecule has 0 bridgehead atoms. The Balaban J connectivity index is 2.28. The van der Waals surface area contributed by atoms with Crippen molar-refractivity contribution >= 4 is 21.6 Å². The molecule has 0 N–H and O–H groups in total. The van der Waals surface area contributed by atoms with E-state index >= 15 is 0 Å². The van der Waals surface area contributed by atoms with E-state index in [-0.39, 0.29) is 11.6 Å². The SMILES string of the molecule is CC1CCc2c(sc3nnn(C(C)C)c(=O)c23)C1. The molecule has 3 rings (SSSR count). The molecule has 2 heterocycles. The van der Waals surface area contributed by atoms with E-state index in [1.165, 1.54) is 21.5 Å².